The first kappa shape index (κ1) is 87.1. The van der Waals surface area contributed by atoms with Crippen LogP contribution in [-0.4, -0.2) is 156 Å². The molecule has 38 nitrogen and oxygen atoms in total. The van der Waals surface area contributed by atoms with Crippen LogP contribution < -0.4 is 53.0 Å². The number of aliphatic hydroxyl groups excluding tert-OH is 2. The van der Waals surface area contributed by atoms with E-state index in [-0.39, 0.29) is 40.3 Å². The third-order valence-electron chi connectivity index (χ3n) is 15.2. The summed E-state index contributed by atoms with van der Waals surface area (Å²) in [5, 5.41) is 35.4. The molecule has 0 amide bonds. The lowest BCUT2D eigenvalue weighted by Crippen LogP contribution is -2.49. The van der Waals surface area contributed by atoms with Crippen molar-refractivity contribution in [3.8, 4) is 11.5 Å². The number of aromatic amines is 3. The van der Waals surface area contributed by atoms with Crippen LogP contribution in [0.5, 0.6) is 11.5 Å². The number of carbonyl (C=O) groups excluding carboxylic acids is 2. The highest BCUT2D eigenvalue weighted by Crippen LogP contribution is 2.51. The topological polar surface area (TPSA) is 527 Å². The molecule has 0 spiro atoms. The lowest BCUT2D eigenvalue weighted by atomic mass is 9.88. The predicted molar refractivity (Wildman–Crippen MR) is 360 cm³/mol. The highest BCUT2D eigenvalue weighted by atomic mass is 31.2. The van der Waals surface area contributed by atoms with Gasteiger partial charge in [0.15, 0.2) is 37.2 Å². The van der Waals surface area contributed by atoms with Crippen molar-refractivity contribution in [1.29, 1.82) is 0 Å². The first-order chi connectivity index (χ1) is 46.7. The summed E-state index contributed by atoms with van der Waals surface area (Å²) < 4.78 is 125. The molecule has 0 aliphatic carbocycles. The van der Waals surface area contributed by atoms with Gasteiger partial charge in [-0.2, -0.15) is 10.2 Å². The standard InChI is InChI=1S/C23H30FN6O8P.C22H28FN6O9P.C11H14FN5O4.3CH4/c1-14(2)36-21(32)16(4)28-39(34,38-17-8-6-5-7-9-17)35-13-23(12-26-29-25)15(3)19(24)20(37-23)30-11-10-18(31)27-22(30)33;1-13(2)36-20(32)14(3)27-39(34,38-15-7-5-4-6-8-15)35-12-22(11-25-28-24)18(31)17(23)19(37-22)29-10-9-16(30)26-21(29)33;1-6-8(12)9(17-3-2-7(19)15-10(17)20)21-11(6,5-18)4-14-16-13;;;/h5-11,14-16,19-20H,12-13H2,1-4H3,(H,28,34)(H,27,31,33);4-10,13-14,17-19,31H,11-12H2,1-3H3,(H,27,34)(H,26,30,33);2-3,6,8-9,18H,4-5H2,1H3,(H,15,19,20);3*1H4/t15-,16-,19+,20+,23+,39?;14-,17+,18-,19+,22+,39?;6-,8+,9+,11+;;;/m000.../s1. The minimum Gasteiger partial charge on any atom is -0.462 e. The number of H-pyrrole nitrogens is 3. The minimum absolute atomic E-state index is 0. The molecule has 0 bridgehead atoms. The minimum atomic E-state index is -4.49. The summed E-state index contributed by atoms with van der Waals surface area (Å²) in [6.45, 7) is 8.70. The molecule has 0 saturated carbocycles. The molecule has 43 heteroatoms. The van der Waals surface area contributed by atoms with Gasteiger partial charge in [0.2, 0.25) is 0 Å². The fourth-order valence-corrected chi connectivity index (χ4v) is 12.9. The zero-order chi connectivity index (χ0) is 73.2. The van der Waals surface area contributed by atoms with Gasteiger partial charge in [0.1, 0.15) is 46.5 Å². The molecular formula is C59H84F3N17O21P2. The van der Waals surface area contributed by atoms with Gasteiger partial charge in [0.05, 0.1) is 51.7 Å². The molecule has 3 fully saturated rings. The Kier molecular flexibility index (Phi) is 32.6. The maximum absolute atomic E-state index is 15.5. The number of aliphatic hydroxyl groups is 2. The van der Waals surface area contributed by atoms with Crippen LogP contribution in [0.1, 0.15) is 96.4 Å². The van der Waals surface area contributed by atoms with Crippen molar-refractivity contribution in [3.63, 3.8) is 0 Å². The lowest BCUT2D eigenvalue weighted by molar-refractivity contribution is -0.150. The van der Waals surface area contributed by atoms with E-state index in [0.717, 1.165) is 45.9 Å². The Morgan fingerprint density at radius 3 is 1.22 bits per heavy atom. The highest BCUT2D eigenvalue weighted by molar-refractivity contribution is 7.52. The predicted octanol–water partition coefficient (Wildman–Crippen LogP) is 7.16. The number of esters is 2. The van der Waals surface area contributed by atoms with Crippen LogP contribution >= 0.6 is 15.5 Å². The normalized spacial score (nSPS) is 25.6. The lowest BCUT2D eigenvalue weighted by Gasteiger charge is -2.33. The molecule has 3 aliphatic heterocycles. The van der Waals surface area contributed by atoms with Crippen molar-refractivity contribution < 1.29 is 83.9 Å². The summed E-state index contributed by atoms with van der Waals surface area (Å²) in [7, 11) is -8.87. The third kappa shape index (κ3) is 21.9. The summed E-state index contributed by atoms with van der Waals surface area (Å²) >= 11 is 0. The van der Waals surface area contributed by atoms with E-state index in [1.165, 1.54) is 52.0 Å². The Morgan fingerprint density at radius 1 is 0.559 bits per heavy atom. The molecule has 7 N–H and O–H groups in total. The van der Waals surface area contributed by atoms with Crippen molar-refractivity contribution >= 4 is 27.4 Å². The van der Waals surface area contributed by atoms with E-state index < -0.39 is 190 Å². The number of ether oxygens (including phenoxy) is 5. The van der Waals surface area contributed by atoms with Crippen molar-refractivity contribution in [2.24, 2.45) is 27.2 Å². The number of alkyl halides is 3. The van der Waals surface area contributed by atoms with Crippen LogP contribution in [0, 0.1) is 11.8 Å². The summed E-state index contributed by atoms with van der Waals surface area (Å²) in [6.07, 6.45) is -10.1. The summed E-state index contributed by atoms with van der Waals surface area (Å²) in [4.78, 5) is 109. The maximum atomic E-state index is 15.5. The number of halogens is 3. The second kappa shape index (κ2) is 38.2. The van der Waals surface area contributed by atoms with Crippen molar-refractivity contribution in [3.05, 3.63) is 191 Å². The Bertz CT molecular complexity index is 4030. The zero-order valence-corrected chi connectivity index (χ0v) is 55.8. The second-order valence-corrected chi connectivity index (χ2v) is 26.4. The molecular weight excluding hydrogens is 1400 g/mol. The average molecular weight is 1490 g/mol. The largest absolute Gasteiger partial charge is 0.462 e. The summed E-state index contributed by atoms with van der Waals surface area (Å²) in [5.41, 5.74) is 16.1. The van der Waals surface area contributed by atoms with Gasteiger partial charge in [-0.1, -0.05) is 87.9 Å². The van der Waals surface area contributed by atoms with E-state index in [4.69, 9.17) is 58.4 Å². The first-order valence-electron chi connectivity index (χ1n) is 29.9. The van der Waals surface area contributed by atoms with Crippen LogP contribution in [-0.2, 0) is 51.5 Å². The van der Waals surface area contributed by atoms with Gasteiger partial charge < -0.3 is 42.9 Å². The molecule has 3 aromatic heterocycles. The maximum Gasteiger partial charge on any atom is 0.459 e. The zero-order valence-electron chi connectivity index (χ0n) is 54.0. The molecule has 16 atom stereocenters. The van der Waals surface area contributed by atoms with Crippen molar-refractivity contribution in [1.82, 2.24) is 38.8 Å². The number of rotatable bonds is 28. The first-order valence-corrected chi connectivity index (χ1v) is 33.0. The molecule has 5 aromatic rings. The number of nitrogens with one attached hydrogen (secondary N) is 5. The molecule has 6 heterocycles. The summed E-state index contributed by atoms with van der Waals surface area (Å²) in [5.74, 6) is -3.13. The smallest absolute Gasteiger partial charge is 0.459 e. The third-order valence-corrected chi connectivity index (χ3v) is 18.4. The molecule has 2 unspecified atom stereocenters. The van der Waals surface area contributed by atoms with E-state index >= 15 is 8.78 Å². The number of azide groups is 3. The van der Waals surface area contributed by atoms with Crippen LogP contribution in [0.3, 0.4) is 0 Å². The molecule has 8 rings (SSSR count). The fraction of sp³-hybridized carbons (Fsp3) is 0.559. The van der Waals surface area contributed by atoms with Gasteiger partial charge >= 0.3 is 44.5 Å². The number of nitrogens with zero attached hydrogens (tertiary/aromatic N) is 12. The van der Waals surface area contributed by atoms with E-state index in [9.17, 15) is 62.1 Å². The number of carbonyl (C=O) groups is 2. The van der Waals surface area contributed by atoms with E-state index in [0.29, 0.717) is 4.57 Å². The number of hydrogen-bond donors (Lipinski definition) is 7. The highest BCUT2D eigenvalue weighted by Gasteiger charge is 2.59. The Morgan fingerprint density at radius 2 is 0.873 bits per heavy atom. The quantitative estimate of drug-likeness (QED) is 0.00858. The summed E-state index contributed by atoms with van der Waals surface area (Å²) in [6, 6.07) is 16.4. The van der Waals surface area contributed by atoms with Gasteiger partial charge in [0, 0.05) is 63.4 Å². The molecule has 3 aliphatic rings. The number of benzene rings is 2. The molecule has 102 heavy (non-hydrogen) atoms. The van der Waals surface area contributed by atoms with Gasteiger partial charge in [-0.25, -0.2) is 36.7 Å². The monoisotopic (exact) mass is 1490 g/mol. The SMILES string of the molecule is C.C.C.CC(C)OC(=O)[C@H](C)NP(=O)(OC[C@@]1(CN=[N+]=[N-])O[C@@H](n2ccc(=O)[nH]c2=O)[C@H](F)[C@@H]1C)Oc1ccccc1.CC(C)OC(=O)[C@H](C)NP(=O)(OC[C@@]1(CN=[N+]=[N-])O[C@@H](n2ccc(=O)[nH]c2=O)[C@H](F)[C@@H]1O)Oc1ccccc1.C[C@H]1[C@@H](F)[C@H](n2ccc(=O)[nH]c2=O)O[C@@]1(CO)CN=[N+]=[N-]. The molecule has 0 radical (unpaired) electrons. The van der Waals surface area contributed by atoms with E-state index in [1.807, 2.05) is 15.0 Å². The number of hydrogen-bond acceptors (Lipinski definition) is 24. The van der Waals surface area contributed by atoms with E-state index in [2.05, 4.69) is 40.3 Å². The van der Waals surface area contributed by atoms with Gasteiger partial charge in [-0.05, 0) is 82.4 Å². The average Bonchev–Trinajstić information content (AvgIpc) is 1.62. The van der Waals surface area contributed by atoms with E-state index in [1.54, 1.807) is 64.1 Å². The van der Waals surface area contributed by atoms with Crippen LogP contribution in [0.4, 0.5) is 13.2 Å². The number of aromatic nitrogens is 6. The van der Waals surface area contributed by atoms with Crippen LogP contribution in [0.25, 0.3) is 31.3 Å². The number of para-hydroxylation sites is 2. The fourth-order valence-electron chi connectivity index (χ4n) is 9.85. The van der Waals surface area contributed by atoms with Crippen LogP contribution in [0.2, 0.25) is 0 Å². The van der Waals surface area contributed by atoms with Gasteiger partial charge in [0.25, 0.3) is 16.7 Å². The van der Waals surface area contributed by atoms with Gasteiger partial charge in [-0.15, -0.1) is 0 Å². The molecule has 2 aromatic carbocycles. The Balaban J connectivity index is 0.000000409. The van der Waals surface area contributed by atoms with Crippen LogP contribution in [0.15, 0.2) is 142 Å². The Hall–Kier alpha value is -9.16. The molecule has 562 valence electrons. The van der Waals surface area contributed by atoms with Gasteiger partial charge in [-0.3, -0.25) is 61.7 Å². The van der Waals surface area contributed by atoms with Crippen molar-refractivity contribution in [2.75, 3.05) is 39.5 Å². The Labute approximate surface area is 579 Å². The van der Waals surface area contributed by atoms with Crippen molar-refractivity contribution in [2.45, 2.75) is 162 Å². The molecule has 3 saturated heterocycles. The second-order valence-electron chi connectivity index (χ2n) is 23.0.